The first kappa shape index (κ1) is 16.5. The fraction of sp³-hybridized carbons (Fsp3) is 0.412. The van der Waals surface area contributed by atoms with Crippen LogP contribution in [0.4, 0.5) is 13.2 Å². The zero-order valence-electron chi connectivity index (χ0n) is 13.1. The number of hydrogen-bond acceptors (Lipinski definition) is 3. The summed E-state index contributed by atoms with van der Waals surface area (Å²) in [4.78, 5) is 12.2. The summed E-state index contributed by atoms with van der Waals surface area (Å²) in [6.45, 7) is 1.70. The number of aromatic nitrogens is 1. The van der Waals surface area contributed by atoms with E-state index >= 15 is 0 Å². The highest BCUT2D eigenvalue weighted by Gasteiger charge is 2.33. The Bertz CT molecular complexity index is 722. The number of nitrogens with zero attached hydrogens (tertiary/aromatic N) is 1. The third-order valence-electron chi connectivity index (χ3n) is 4.36. The van der Waals surface area contributed by atoms with Gasteiger partial charge in [0.2, 0.25) is 0 Å². The molecular formula is C17H17F3N2O2. The predicted molar refractivity (Wildman–Crippen MR) is 80.5 cm³/mol. The number of rotatable bonds is 3. The molecule has 1 aliphatic carbocycles. The number of carbonyl (C=O) groups is 1. The normalized spacial score (nSPS) is 21.0. The van der Waals surface area contributed by atoms with Crippen LogP contribution in [0.25, 0.3) is 0 Å². The fourth-order valence-electron chi connectivity index (χ4n) is 3.17. The van der Waals surface area contributed by atoms with Gasteiger partial charge in [-0.15, -0.1) is 0 Å². The number of amides is 1. The van der Waals surface area contributed by atoms with Crippen molar-refractivity contribution in [3.8, 4) is 0 Å². The predicted octanol–water partition coefficient (Wildman–Crippen LogP) is 4.07. The van der Waals surface area contributed by atoms with Crippen LogP contribution in [0.2, 0.25) is 0 Å². The van der Waals surface area contributed by atoms with E-state index in [9.17, 15) is 18.0 Å². The molecule has 1 aliphatic rings. The van der Waals surface area contributed by atoms with E-state index in [1.54, 1.807) is 13.0 Å². The lowest BCUT2D eigenvalue weighted by molar-refractivity contribution is -0.137. The summed E-state index contributed by atoms with van der Waals surface area (Å²) >= 11 is 0. The van der Waals surface area contributed by atoms with E-state index in [0.717, 1.165) is 37.0 Å². The topological polar surface area (TPSA) is 55.1 Å². The van der Waals surface area contributed by atoms with Gasteiger partial charge < -0.3 is 9.84 Å². The maximum Gasteiger partial charge on any atom is 0.416 e. The van der Waals surface area contributed by atoms with Crippen LogP contribution >= 0.6 is 0 Å². The number of benzene rings is 1. The fourth-order valence-corrected chi connectivity index (χ4v) is 3.17. The van der Waals surface area contributed by atoms with Gasteiger partial charge in [0.05, 0.1) is 5.56 Å². The van der Waals surface area contributed by atoms with Crippen molar-refractivity contribution in [2.24, 2.45) is 0 Å². The van der Waals surface area contributed by atoms with Crippen molar-refractivity contribution in [3.63, 3.8) is 0 Å². The minimum absolute atomic E-state index is 0.00392. The third-order valence-corrected chi connectivity index (χ3v) is 4.36. The van der Waals surface area contributed by atoms with E-state index in [2.05, 4.69) is 10.5 Å². The molecule has 7 heteroatoms. The van der Waals surface area contributed by atoms with Gasteiger partial charge in [-0.1, -0.05) is 23.7 Å². The highest BCUT2D eigenvalue weighted by molar-refractivity contribution is 5.92. The molecule has 128 valence electrons. The lowest BCUT2D eigenvalue weighted by Crippen LogP contribution is -2.36. The first-order valence-corrected chi connectivity index (χ1v) is 7.76. The summed E-state index contributed by atoms with van der Waals surface area (Å²) < 4.78 is 42.9. The number of aryl methyl sites for hydroxylation is 1. The molecule has 0 aliphatic heterocycles. The van der Waals surface area contributed by atoms with Crippen LogP contribution < -0.4 is 5.32 Å². The van der Waals surface area contributed by atoms with Gasteiger partial charge in [-0.2, -0.15) is 13.2 Å². The summed E-state index contributed by atoms with van der Waals surface area (Å²) in [5.41, 5.74) is 0.357. The summed E-state index contributed by atoms with van der Waals surface area (Å²) in [6, 6.07) is 6.61. The molecule has 4 nitrogen and oxygen atoms in total. The summed E-state index contributed by atoms with van der Waals surface area (Å²) in [5, 5.41) is 6.60. The van der Waals surface area contributed by atoms with Gasteiger partial charge in [0.25, 0.3) is 5.91 Å². The van der Waals surface area contributed by atoms with Crippen LogP contribution in [-0.2, 0) is 6.18 Å². The molecular weight excluding hydrogens is 321 g/mol. The second kappa shape index (κ2) is 6.30. The highest BCUT2D eigenvalue weighted by Crippen LogP contribution is 2.36. The molecule has 0 saturated heterocycles. The molecule has 1 saturated carbocycles. The number of alkyl halides is 3. The van der Waals surface area contributed by atoms with Crippen molar-refractivity contribution in [2.45, 2.75) is 44.3 Å². The van der Waals surface area contributed by atoms with Gasteiger partial charge in [0, 0.05) is 18.0 Å². The number of hydrogen-bond donors (Lipinski definition) is 1. The molecule has 24 heavy (non-hydrogen) atoms. The number of carbonyl (C=O) groups excluding carboxylic acids is 1. The van der Waals surface area contributed by atoms with Crippen LogP contribution in [0.15, 0.2) is 34.9 Å². The van der Waals surface area contributed by atoms with Crippen LogP contribution in [0, 0.1) is 6.92 Å². The third kappa shape index (κ3) is 3.44. The van der Waals surface area contributed by atoms with Crippen LogP contribution in [0.3, 0.4) is 0 Å². The maximum atomic E-state index is 12.7. The van der Waals surface area contributed by atoms with E-state index < -0.39 is 11.7 Å². The monoisotopic (exact) mass is 338 g/mol. The van der Waals surface area contributed by atoms with Crippen LogP contribution in [0.1, 0.15) is 52.6 Å². The summed E-state index contributed by atoms with van der Waals surface area (Å²) in [7, 11) is 0. The van der Waals surface area contributed by atoms with Crippen molar-refractivity contribution in [2.75, 3.05) is 0 Å². The van der Waals surface area contributed by atoms with Crippen molar-refractivity contribution < 1.29 is 22.5 Å². The number of nitrogens with one attached hydrogen (secondary N) is 1. The lowest BCUT2D eigenvalue weighted by Gasteiger charge is -2.21. The van der Waals surface area contributed by atoms with E-state index in [4.69, 9.17) is 4.52 Å². The van der Waals surface area contributed by atoms with Gasteiger partial charge in [-0.25, -0.2) is 0 Å². The molecule has 1 fully saturated rings. The zero-order chi connectivity index (χ0) is 17.3. The average Bonchev–Trinajstić information content (AvgIpc) is 3.15. The van der Waals surface area contributed by atoms with Crippen LogP contribution in [-0.4, -0.2) is 17.1 Å². The molecule has 0 radical (unpaired) electrons. The quantitative estimate of drug-likeness (QED) is 0.918. The Morgan fingerprint density at radius 1 is 1.25 bits per heavy atom. The Kier molecular flexibility index (Phi) is 4.34. The molecule has 1 amide bonds. The van der Waals surface area contributed by atoms with Gasteiger partial charge in [-0.3, -0.25) is 4.79 Å². The van der Waals surface area contributed by atoms with Crippen molar-refractivity contribution in [1.82, 2.24) is 10.5 Å². The lowest BCUT2D eigenvalue weighted by atomic mass is 9.93. The Hall–Kier alpha value is -2.31. The smallest absolute Gasteiger partial charge is 0.361 e. The van der Waals surface area contributed by atoms with E-state index in [0.29, 0.717) is 5.76 Å². The molecule has 1 N–H and O–H groups in total. The van der Waals surface area contributed by atoms with E-state index in [-0.39, 0.29) is 23.6 Å². The second-order valence-corrected chi connectivity index (χ2v) is 6.06. The average molecular weight is 338 g/mol. The van der Waals surface area contributed by atoms with E-state index in [1.165, 1.54) is 12.1 Å². The Labute approximate surface area is 137 Å². The van der Waals surface area contributed by atoms with Crippen molar-refractivity contribution in [1.29, 1.82) is 0 Å². The largest absolute Gasteiger partial charge is 0.416 e. The van der Waals surface area contributed by atoms with Crippen molar-refractivity contribution in [3.05, 3.63) is 52.9 Å². The molecule has 2 aromatic rings. The minimum Gasteiger partial charge on any atom is -0.361 e. The molecule has 1 aromatic carbocycles. The first-order valence-electron chi connectivity index (χ1n) is 7.76. The molecule has 2 unspecified atom stereocenters. The molecule has 2 atom stereocenters. The number of halogens is 3. The van der Waals surface area contributed by atoms with Gasteiger partial charge in [0.1, 0.15) is 5.76 Å². The van der Waals surface area contributed by atoms with Gasteiger partial charge in [0.15, 0.2) is 5.69 Å². The Morgan fingerprint density at radius 2 is 1.96 bits per heavy atom. The summed E-state index contributed by atoms with van der Waals surface area (Å²) in [6.07, 6.45) is -1.82. The van der Waals surface area contributed by atoms with Crippen LogP contribution in [0.5, 0.6) is 0 Å². The first-order chi connectivity index (χ1) is 11.3. The standard InChI is InChI=1S/C17H17F3N2O2/c1-10-9-15(22-24-10)16(23)21-14-4-2-3-13(14)11-5-7-12(8-6-11)17(18,19)20/h5-9,13-14H,2-4H2,1H3,(H,21,23). The Balaban J connectivity index is 1.72. The molecule has 1 aromatic heterocycles. The zero-order valence-corrected chi connectivity index (χ0v) is 13.1. The van der Waals surface area contributed by atoms with Gasteiger partial charge >= 0.3 is 6.18 Å². The Morgan fingerprint density at radius 3 is 2.54 bits per heavy atom. The summed E-state index contributed by atoms with van der Waals surface area (Å²) in [5.74, 6) is 0.228. The molecule has 0 spiro atoms. The SMILES string of the molecule is Cc1cc(C(=O)NC2CCCC2c2ccc(C(F)(F)F)cc2)no1. The second-order valence-electron chi connectivity index (χ2n) is 6.06. The van der Waals surface area contributed by atoms with Gasteiger partial charge in [-0.05, 0) is 37.5 Å². The molecule has 3 rings (SSSR count). The minimum atomic E-state index is -4.34. The van der Waals surface area contributed by atoms with E-state index in [1.807, 2.05) is 0 Å². The highest BCUT2D eigenvalue weighted by atomic mass is 19.4. The maximum absolute atomic E-state index is 12.7. The molecule has 1 heterocycles. The van der Waals surface area contributed by atoms with Crippen molar-refractivity contribution >= 4 is 5.91 Å². The molecule has 0 bridgehead atoms.